The number of rotatable bonds is 6. The van der Waals surface area contributed by atoms with Crippen LogP contribution in [0.4, 0.5) is 0 Å². The van der Waals surface area contributed by atoms with Gasteiger partial charge in [0.25, 0.3) is 0 Å². The fourth-order valence-corrected chi connectivity index (χ4v) is 1.78. The standard InChI is InChI=1S/C13H19NO2.ClH/c1-2-3-4-7-14-9-11-5-6-12-13(8-11)16-10-15-12;/h5-6,8,14H,2-4,7,9-10H2,1H3;1H. The van der Waals surface area contributed by atoms with Crippen molar-refractivity contribution in [1.82, 2.24) is 5.32 Å². The van der Waals surface area contributed by atoms with Gasteiger partial charge in [-0.2, -0.15) is 0 Å². The molecule has 1 aromatic carbocycles. The summed E-state index contributed by atoms with van der Waals surface area (Å²) in [4.78, 5) is 0. The number of fused-ring (bicyclic) bond motifs is 1. The van der Waals surface area contributed by atoms with E-state index in [4.69, 9.17) is 9.47 Å². The van der Waals surface area contributed by atoms with Crippen LogP contribution in [0.5, 0.6) is 11.5 Å². The van der Waals surface area contributed by atoms with E-state index in [9.17, 15) is 0 Å². The molecular formula is C13H20ClNO2. The number of ether oxygens (including phenoxy) is 2. The monoisotopic (exact) mass is 257 g/mol. The van der Waals surface area contributed by atoms with E-state index in [1.54, 1.807) is 0 Å². The lowest BCUT2D eigenvalue weighted by Gasteiger charge is -2.05. The van der Waals surface area contributed by atoms with Crippen LogP contribution in [0.1, 0.15) is 31.7 Å². The van der Waals surface area contributed by atoms with Crippen LogP contribution in [-0.2, 0) is 6.54 Å². The van der Waals surface area contributed by atoms with Crippen LogP contribution in [0.3, 0.4) is 0 Å². The van der Waals surface area contributed by atoms with E-state index in [1.807, 2.05) is 6.07 Å². The third kappa shape index (κ3) is 4.10. The van der Waals surface area contributed by atoms with Crippen molar-refractivity contribution in [3.05, 3.63) is 23.8 Å². The maximum atomic E-state index is 5.33. The summed E-state index contributed by atoms with van der Waals surface area (Å²) in [5, 5.41) is 3.43. The van der Waals surface area contributed by atoms with Gasteiger partial charge in [-0.25, -0.2) is 0 Å². The molecule has 4 heteroatoms. The highest BCUT2D eigenvalue weighted by Gasteiger charge is 2.12. The highest BCUT2D eigenvalue weighted by Crippen LogP contribution is 2.32. The van der Waals surface area contributed by atoms with Crippen LogP contribution in [0.25, 0.3) is 0 Å². The van der Waals surface area contributed by atoms with E-state index in [0.717, 1.165) is 24.6 Å². The summed E-state index contributed by atoms with van der Waals surface area (Å²) in [5.74, 6) is 1.72. The molecule has 2 rings (SSSR count). The molecule has 96 valence electrons. The summed E-state index contributed by atoms with van der Waals surface area (Å²) in [6.45, 7) is 4.56. The van der Waals surface area contributed by atoms with Gasteiger partial charge in [0.1, 0.15) is 0 Å². The van der Waals surface area contributed by atoms with Crippen molar-refractivity contribution < 1.29 is 9.47 Å². The molecule has 0 amide bonds. The Morgan fingerprint density at radius 1 is 1.18 bits per heavy atom. The zero-order valence-electron chi connectivity index (χ0n) is 10.2. The molecule has 1 aliphatic heterocycles. The molecule has 0 saturated heterocycles. The molecule has 1 N–H and O–H groups in total. The summed E-state index contributed by atoms with van der Waals surface area (Å²) in [6, 6.07) is 6.11. The van der Waals surface area contributed by atoms with Gasteiger partial charge in [-0.3, -0.25) is 0 Å². The molecular weight excluding hydrogens is 238 g/mol. The summed E-state index contributed by atoms with van der Waals surface area (Å²) < 4.78 is 10.6. The van der Waals surface area contributed by atoms with E-state index in [1.165, 1.54) is 24.8 Å². The SMILES string of the molecule is CCCCCNCc1ccc2c(c1)OCO2.Cl. The molecule has 0 spiro atoms. The topological polar surface area (TPSA) is 30.5 Å². The van der Waals surface area contributed by atoms with Crippen LogP contribution < -0.4 is 14.8 Å². The molecule has 1 aliphatic rings. The van der Waals surface area contributed by atoms with Crippen molar-refractivity contribution in [2.45, 2.75) is 32.7 Å². The molecule has 0 unspecified atom stereocenters. The number of nitrogens with one attached hydrogen (secondary N) is 1. The Hall–Kier alpha value is -0.930. The maximum Gasteiger partial charge on any atom is 0.231 e. The summed E-state index contributed by atoms with van der Waals surface area (Å²) in [5.41, 5.74) is 1.25. The van der Waals surface area contributed by atoms with Gasteiger partial charge in [-0.1, -0.05) is 25.8 Å². The molecule has 0 fully saturated rings. The quantitative estimate of drug-likeness (QED) is 0.795. The highest BCUT2D eigenvalue weighted by atomic mass is 35.5. The first-order valence-electron chi connectivity index (χ1n) is 5.99. The molecule has 0 atom stereocenters. The van der Waals surface area contributed by atoms with E-state index in [0.29, 0.717) is 6.79 Å². The first-order chi connectivity index (χ1) is 7.90. The lowest BCUT2D eigenvalue weighted by atomic mass is 10.2. The predicted molar refractivity (Wildman–Crippen MR) is 71.0 cm³/mol. The normalized spacial score (nSPS) is 12.3. The Morgan fingerprint density at radius 3 is 2.82 bits per heavy atom. The fourth-order valence-electron chi connectivity index (χ4n) is 1.78. The van der Waals surface area contributed by atoms with Crippen LogP contribution in [-0.4, -0.2) is 13.3 Å². The van der Waals surface area contributed by atoms with E-state index in [-0.39, 0.29) is 12.4 Å². The second kappa shape index (κ2) is 7.41. The zero-order valence-corrected chi connectivity index (χ0v) is 11.0. The smallest absolute Gasteiger partial charge is 0.231 e. The average Bonchev–Trinajstić information content (AvgIpc) is 2.76. The molecule has 0 radical (unpaired) electrons. The van der Waals surface area contributed by atoms with E-state index < -0.39 is 0 Å². The third-order valence-electron chi connectivity index (χ3n) is 2.72. The Morgan fingerprint density at radius 2 is 2.00 bits per heavy atom. The van der Waals surface area contributed by atoms with Crippen molar-refractivity contribution in [2.75, 3.05) is 13.3 Å². The highest BCUT2D eigenvalue weighted by molar-refractivity contribution is 5.85. The second-order valence-corrected chi connectivity index (χ2v) is 4.07. The van der Waals surface area contributed by atoms with Gasteiger partial charge in [-0.15, -0.1) is 12.4 Å². The number of unbranched alkanes of at least 4 members (excludes halogenated alkanes) is 2. The van der Waals surface area contributed by atoms with Crippen molar-refractivity contribution in [1.29, 1.82) is 0 Å². The van der Waals surface area contributed by atoms with Gasteiger partial charge in [0, 0.05) is 6.54 Å². The van der Waals surface area contributed by atoms with Gasteiger partial charge >= 0.3 is 0 Å². The third-order valence-corrected chi connectivity index (χ3v) is 2.72. The summed E-state index contributed by atoms with van der Waals surface area (Å²) in [7, 11) is 0. The molecule has 3 nitrogen and oxygen atoms in total. The lowest BCUT2D eigenvalue weighted by Crippen LogP contribution is -2.14. The van der Waals surface area contributed by atoms with Gasteiger partial charge in [0.15, 0.2) is 11.5 Å². The molecule has 0 bridgehead atoms. The van der Waals surface area contributed by atoms with Crippen molar-refractivity contribution in [3.8, 4) is 11.5 Å². The molecule has 17 heavy (non-hydrogen) atoms. The van der Waals surface area contributed by atoms with Gasteiger partial charge < -0.3 is 14.8 Å². The van der Waals surface area contributed by atoms with Crippen LogP contribution >= 0.6 is 12.4 Å². The number of halogens is 1. The number of benzene rings is 1. The van der Waals surface area contributed by atoms with Crippen molar-refractivity contribution in [2.24, 2.45) is 0 Å². The maximum absolute atomic E-state index is 5.33. The summed E-state index contributed by atoms with van der Waals surface area (Å²) >= 11 is 0. The minimum Gasteiger partial charge on any atom is -0.454 e. The van der Waals surface area contributed by atoms with Gasteiger partial charge in [0.05, 0.1) is 0 Å². The second-order valence-electron chi connectivity index (χ2n) is 4.07. The predicted octanol–water partition coefficient (Wildman–Crippen LogP) is 3.12. The van der Waals surface area contributed by atoms with Crippen LogP contribution in [0, 0.1) is 0 Å². The zero-order chi connectivity index (χ0) is 11.2. The summed E-state index contributed by atoms with van der Waals surface area (Å²) in [6.07, 6.45) is 3.82. The molecule has 0 aromatic heterocycles. The molecule has 0 saturated carbocycles. The average molecular weight is 258 g/mol. The molecule has 1 heterocycles. The van der Waals surface area contributed by atoms with Gasteiger partial charge in [-0.05, 0) is 30.7 Å². The Balaban J connectivity index is 0.00000144. The molecule has 1 aromatic rings. The molecule has 0 aliphatic carbocycles. The first-order valence-corrected chi connectivity index (χ1v) is 5.99. The minimum absolute atomic E-state index is 0. The van der Waals surface area contributed by atoms with E-state index in [2.05, 4.69) is 24.4 Å². The largest absolute Gasteiger partial charge is 0.454 e. The fraction of sp³-hybridized carbons (Fsp3) is 0.538. The Kier molecular flexibility index (Phi) is 6.16. The lowest BCUT2D eigenvalue weighted by molar-refractivity contribution is 0.174. The number of hydrogen-bond donors (Lipinski definition) is 1. The van der Waals surface area contributed by atoms with Crippen LogP contribution in [0.2, 0.25) is 0 Å². The first kappa shape index (κ1) is 14.1. The van der Waals surface area contributed by atoms with Crippen molar-refractivity contribution >= 4 is 12.4 Å². The van der Waals surface area contributed by atoms with E-state index >= 15 is 0 Å². The Bertz CT molecular complexity index is 344. The van der Waals surface area contributed by atoms with Crippen molar-refractivity contribution in [3.63, 3.8) is 0 Å². The minimum atomic E-state index is 0. The number of hydrogen-bond acceptors (Lipinski definition) is 3. The van der Waals surface area contributed by atoms with Crippen LogP contribution in [0.15, 0.2) is 18.2 Å². The van der Waals surface area contributed by atoms with Gasteiger partial charge in [0.2, 0.25) is 6.79 Å². The Labute approximate surface area is 109 Å².